The number of nitrogens with zero attached hydrogens (tertiary/aromatic N) is 2. The van der Waals surface area contributed by atoms with E-state index in [2.05, 4.69) is 10.3 Å². The van der Waals surface area contributed by atoms with Crippen LogP contribution in [0, 0.1) is 12.7 Å². The Kier molecular flexibility index (Phi) is 4.26. The number of ether oxygens (including phenoxy) is 1. The lowest BCUT2D eigenvalue weighted by molar-refractivity contribution is 0.174. The van der Waals surface area contributed by atoms with Crippen molar-refractivity contribution < 1.29 is 13.9 Å². The van der Waals surface area contributed by atoms with E-state index in [1.54, 1.807) is 25.3 Å². The van der Waals surface area contributed by atoms with Gasteiger partial charge >= 0.3 is 6.03 Å². The van der Waals surface area contributed by atoms with Crippen LogP contribution in [-0.4, -0.2) is 35.6 Å². The van der Waals surface area contributed by atoms with E-state index in [-0.39, 0.29) is 11.8 Å². The molecule has 3 heterocycles. The zero-order valence-electron chi connectivity index (χ0n) is 14.8. The minimum Gasteiger partial charge on any atom is -0.491 e. The first-order valence-corrected chi connectivity index (χ1v) is 9.02. The molecule has 1 aromatic carbocycles. The molecule has 26 heavy (non-hydrogen) atoms. The standard InChI is InChI=1S/C20H22FN3O2/c1-14-6-7-15(13-16(14)21)20(23-19(25)24-10-2-3-11-24)8-12-26-17-5-4-9-22-18(17)20/h4-7,9,13H,2-3,8,10-12H2,1H3,(H,23,25)/t20-/m0/s1. The van der Waals surface area contributed by atoms with Gasteiger partial charge in [0, 0.05) is 25.7 Å². The Morgan fingerprint density at radius 1 is 1.31 bits per heavy atom. The number of aromatic nitrogens is 1. The van der Waals surface area contributed by atoms with Gasteiger partial charge in [0.15, 0.2) is 0 Å². The van der Waals surface area contributed by atoms with Crippen LogP contribution in [0.1, 0.15) is 36.1 Å². The summed E-state index contributed by atoms with van der Waals surface area (Å²) < 4.78 is 20.1. The largest absolute Gasteiger partial charge is 0.491 e. The summed E-state index contributed by atoms with van der Waals surface area (Å²) in [4.78, 5) is 19.2. The van der Waals surface area contributed by atoms with Crippen LogP contribution >= 0.6 is 0 Å². The van der Waals surface area contributed by atoms with E-state index in [1.165, 1.54) is 6.07 Å². The fraction of sp³-hybridized carbons (Fsp3) is 0.400. The van der Waals surface area contributed by atoms with E-state index in [9.17, 15) is 9.18 Å². The van der Waals surface area contributed by atoms with Gasteiger partial charge in [-0.15, -0.1) is 0 Å². The molecule has 0 unspecified atom stereocenters. The minimum atomic E-state index is -0.900. The molecule has 0 bridgehead atoms. The van der Waals surface area contributed by atoms with E-state index < -0.39 is 5.54 Å². The van der Waals surface area contributed by atoms with Gasteiger partial charge in [0.2, 0.25) is 0 Å². The first kappa shape index (κ1) is 16.8. The summed E-state index contributed by atoms with van der Waals surface area (Å²) in [6.07, 6.45) is 4.20. The maximum atomic E-state index is 14.3. The molecule has 0 aliphatic carbocycles. The quantitative estimate of drug-likeness (QED) is 0.899. The van der Waals surface area contributed by atoms with Gasteiger partial charge in [0.05, 0.1) is 6.61 Å². The van der Waals surface area contributed by atoms with Gasteiger partial charge < -0.3 is 15.0 Å². The molecule has 5 nitrogen and oxygen atoms in total. The number of nitrogens with one attached hydrogen (secondary N) is 1. The Hall–Kier alpha value is -2.63. The Labute approximate surface area is 152 Å². The molecule has 0 spiro atoms. The van der Waals surface area contributed by atoms with Crippen molar-refractivity contribution in [3.8, 4) is 5.75 Å². The second-order valence-electron chi connectivity index (χ2n) is 6.94. The molecule has 0 radical (unpaired) electrons. The van der Waals surface area contributed by atoms with E-state index in [0.29, 0.717) is 35.6 Å². The van der Waals surface area contributed by atoms with Gasteiger partial charge in [-0.1, -0.05) is 12.1 Å². The predicted molar refractivity (Wildman–Crippen MR) is 95.6 cm³/mol. The third kappa shape index (κ3) is 2.79. The number of carbonyl (C=O) groups excluding carboxylic acids is 1. The Balaban J connectivity index is 1.82. The van der Waals surface area contributed by atoms with E-state index in [0.717, 1.165) is 25.9 Å². The number of carbonyl (C=O) groups is 1. The number of amides is 2. The van der Waals surface area contributed by atoms with Crippen LogP contribution in [0.3, 0.4) is 0 Å². The fourth-order valence-corrected chi connectivity index (χ4v) is 3.78. The number of pyridine rings is 1. The number of rotatable bonds is 2. The highest BCUT2D eigenvalue weighted by molar-refractivity contribution is 5.76. The first-order valence-electron chi connectivity index (χ1n) is 9.02. The molecule has 1 aromatic heterocycles. The van der Waals surface area contributed by atoms with Crippen molar-refractivity contribution in [1.82, 2.24) is 15.2 Å². The third-order valence-electron chi connectivity index (χ3n) is 5.29. The lowest BCUT2D eigenvalue weighted by atomic mass is 9.81. The number of hydrogen-bond donors (Lipinski definition) is 1. The highest BCUT2D eigenvalue weighted by atomic mass is 19.1. The molecule has 2 amide bonds. The monoisotopic (exact) mass is 355 g/mol. The smallest absolute Gasteiger partial charge is 0.318 e. The van der Waals surface area contributed by atoms with Crippen LogP contribution in [0.2, 0.25) is 0 Å². The number of halogens is 1. The fourth-order valence-electron chi connectivity index (χ4n) is 3.78. The highest BCUT2D eigenvalue weighted by Crippen LogP contribution is 2.41. The van der Waals surface area contributed by atoms with Gasteiger partial charge in [-0.05, 0) is 49.1 Å². The molecular weight excluding hydrogens is 333 g/mol. The molecule has 2 aromatic rings. The number of aryl methyl sites for hydroxylation is 1. The number of likely N-dealkylation sites (tertiary alicyclic amines) is 1. The van der Waals surface area contributed by atoms with Gasteiger partial charge in [0.1, 0.15) is 22.8 Å². The molecule has 1 N–H and O–H groups in total. The zero-order chi connectivity index (χ0) is 18.1. The number of hydrogen-bond acceptors (Lipinski definition) is 3. The van der Waals surface area contributed by atoms with Gasteiger partial charge in [0.25, 0.3) is 0 Å². The van der Waals surface area contributed by atoms with Gasteiger partial charge in [-0.25, -0.2) is 9.18 Å². The second kappa shape index (κ2) is 6.59. The number of benzene rings is 1. The molecule has 1 fully saturated rings. The maximum absolute atomic E-state index is 14.3. The Bertz CT molecular complexity index is 836. The van der Waals surface area contributed by atoms with Crippen LogP contribution in [0.15, 0.2) is 36.5 Å². The molecule has 1 atom stereocenters. The van der Waals surface area contributed by atoms with Crippen LogP contribution in [-0.2, 0) is 5.54 Å². The molecule has 0 saturated carbocycles. The summed E-state index contributed by atoms with van der Waals surface area (Å²) in [7, 11) is 0. The normalized spacial score (nSPS) is 21.8. The van der Waals surface area contributed by atoms with Gasteiger partial charge in [-0.2, -0.15) is 0 Å². The summed E-state index contributed by atoms with van der Waals surface area (Å²) in [5, 5.41) is 3.17. The van der Waals surface area contributed by atoms with E-state index >= 15 is 0 Å². The first-order chi connectivity index (χ1) is 12.6. The maximum Gasteiger partial charge on any atom is 0.318 e. The predicted octanol–water partition coefficient (Wildman–Crippen LogP) is 3.36. The van der Waals surface area contributed by atoms with Crippen LogP contribution in [0.5, 0.6) is 5.75 Å². The molecule has 2 aliphatic rings. The average molecular weight is 355 g/mol. The van der Waals surface area contributed by atoms with Crippen molar-refractivity contribution in [2.75, 3.05) is 19.7 Å². The molecule has 6 heteroatoms. The van der Waals surface area contributed by atoms with E-state index in [4.69, 9.17) is 4.74 Å². The van der Waals surface area contributed by atoms with Crippen LogP contribution in [0.25, 0.3) is 0 Å². The van der Waals surface area contributed by atoms with Crippen molar-refractivity contribution in [3.63, 3.8) is 0 Å². The average Bonchev–Trinajstić information content (AvgIpc) is 3.19. The third-order valence-corrected chi connectivity index (χ3v) is 5.29. The lowest BCUT2D eigenvalue weighted by Gasteiger charge is -2.39. The van der Waals surface area contributed by atoms with Crippen molar-refractivity contribution in [3.05, 3.63) is 59.2 Å². The van der Waals surface area contributed by atoms with Crippen LogP contribution < -0.4 is 10.1 Å². The molecule has 4 rings (SSSR count). The SMILES string of the molecule is Cc1ccc([C@@]2(NC(=O)N3CCCC3)CCOc3cccnc32)cc1F. The summed E-state index contributed by atoms with van der Waals surface area (Å²) in [5.41, 5.74) is 0.991. The van der Waals surface area contributed by atoms with Crippen molar-refractivity contribution in [2.45, 2.75) is 31.7 Å². The zero-order valence-corrected chi connectivity index (χ0v) is 14.8. The van der Waals surface area contributed by atoms with Gasteiger partial charge in [-0.3, -0.25) is 4.98 Å². The summed E-state index contributed by atoms with van der Waals surface area (Å²) in [6, 6.07) is 8.61. The van der Waals surface area contributed by atoms with Crippen molar-refractivity contribution in [1.29, 1.82) is 0 Å². The molecule has 1 saturated heterocycles. The summed E-state index contributed by atoms with van der Waals surface area (Å²) in [6.45, 7) is 3.64. The Morgan fingerprint density at radius 2 is 2.12 bits per heavy atom. The number of fused-ring (bicyclic) bond motifs is 1. The molecule has 2 aliphatic heterocycles. The summed E-state index contributed by atoms with van der Waals surface area (Å²) in [5.74, 6) is 0.336. The Morgan fingerprint density at radius 3 is 2.88 bits per heavy atom. The summed E-state index contributed by atoms with van der Waals surface area (Å²) >= 11 is 0. The van der Waals surface area contributed by atoms with E-state index in [1.807, 2.05) is 17.0 Å². The molecule has 136 valence electrons. The lowest BCUT2D eigenvalue weighted by Crippen LogP contribution is -2.54. The van der Waals surface area contributed by atoms with Crippen LogP contribution in [0.4, 0.5) is 9.18 Å². The molecular formula is C20H22FN3O2. The highest BCUT2D eigenvalue weighted by Gasteiger charge is 2.43. The second-order valence-corrected chi connectivity index (χ2v) is 6.94. The minimum absolute atomic E-state index is 0.137. The number of urea groups is 1. The van der Waals surface area contributed by atoms with Crippen molar-refractivity contribution >= 4 is 6.03 Å². The topological polar surface area (TPSA) is 54.5 Å². The van der Waals surface area contributed by atoms with Crippen molar-refractivity contribution in [2.24, 2.45) is 0 Å².